The SMILES string of the molecule is CC(=N)C(=N)C(=O)Nc1ccc(-c2nc(Nc3ccc(Cl)cc3)[nH]c(=O)c2C#N)cc1. The predicted octanol–water partition coefficient (Wildman–Crippen LogP) is 3.70. The molecule has 0 saturated carbocycles. The molecule has 0 radical (unpaired) electrons. The van der Waals surface area contributed by atoms with Crippen molar-refractivity contribution in [2.75, 3.05) is 10.6 Å². The normalized spacial score (nSPS) is 10.1. The van der Waals surface area contributed by atoms with E-state index in [1.807, 2.05) is 6.07 Å². The Morgan fingerprint density at radius 1 is 1.10 bits per heavy atom. The summed E-state index contributed by atoms with van der Waals surface area (Å²) in [5.74, 6) is -0.560. The first-order chi connectivity index (χ1) is 14.8. The number of H-pyrrole nitrogens is 1. The maximum Gasteiger partial charge on any atom is 0.275 e. The van der Waals surface area contributed by atoms with Crippen LogP contribution < -0.4 is 16.2 Å². The highest BCUT2D eigenvalue weighted by Gasteiger charge is 2.15. The number of nitriles is 1. The van der Waals surface area contributed by atoms with Gasteiger partial charge in [-0.2, -0.15) is 5.26 Å². The monoisotopic (exact) mass is 433 g/mol. The van der Waals surface area contributed by atoms with Crippen molar-refractivity contribution in [2.24, 2.45) is 0 Å². The predicted molar refractivity (Wildman–Crippen MR) is 120 cm³/mol. The van der Waals surface area contributed by atoms with Gasteiger partial charge in [0.25, 0.3) is 11.5 Å². The number of rotatable bonds is 6. The van der Waals surface area contributed by atoms with Crippen molar-refractivity contribution in [3.05, 3.63) is 69.5 Å². The highest BCUT2D eigenvalue weighted by Crippen LogP contribution is 2.23. The minimum absolute atomic E-state index is 0.147. The second kappa shape index (κ2) is 9.02. The van der Waals surface area contributed by atoms with E-state index in [0.717, 1.165) is 0 Å². The second-order valence-electron chi connectivity index (χ2n) is 6.41. The van der Waals surface area contributed by atoms with E-state index in [1.165, 1.54) is 6.92 Å². The van der Waals surface area contributed by atoms with Gasteiger partial charge < -0.3 is 16.0 Å². The summed E-state index contributed by atoms with van der Waals surface area (Å²) in [6.45, 7) is 1.35. The van der Waals surface area contributed by atoms with Crippen molar-refractivity contribution in [3.63, 3.8) is 0 Å². The number of hydrogen-bond donors (Lipinski definition) is 5. The Morgan fingerprint density at radius 3 is 2.29 bits per heavy atom. The van der Waals surface area contributed by atoms with Crippen LogP contribution in [-0.2, 0) is 4.79 Å². The van der Waals surface area contributed by atoms with Crippen LogP contribution in [0.4, 0.5) is 17.3 Å². The molecule has 1 amide bonds. The third-order valence-electron chi connectivity index (χ3n) is 4.16. The minimum Gasteiger partial charge on any atom is -0.326 e. The first-order valence-corrected chi connectivity index (χ1v) is 9.29. The number of carbonyl (C=O) groups excluding carboxylic acids is 1. The fourth-order valence-electron chi connectivity index (χ4n) is 2.59. The smallest absolute Gasteiger partial charge is 0.275 e. The van der Waals surface area contributed by atoms with E-state index in [9.17, 15) is 14.9 Å². The summed E-state index contributed by atoms with van der Waals surface area (Å²) < 4.78 is 0. The van der Waals surface area contributed by atoms with Gasteiger partial charge in [0.2, 0.25) is 5.95 Å². The third-order valence-corrected chi connectivity index (χ3v) is 4.41. The van der Waals surface area contributed by atoms with Crippen LogP contribution in [0.1, 0.15) is 12.5 Å². The first-order valence-electron chi connectivity index (χ1n) is 8.91. The van der Waals surface area contributed by atoms with Crippen molar-refractivity contribution < 1.29 is 4.79 Å². The Hall–Kier alpha value is -4.29. The van der Waals surface area contributed by atoms with Crippen molar-refractivity contribution in [1.82, 2.24) is 9.97 Å². The Labute approximate surface area is 181 Å². The van der Waals surface area contributed by atoms with Crippen molar-refractivity contribution >= 4 is 46.3 Å². The number of amides is 1. The maximum atomic E-state index is 12.4. The van der Waals surface area contributed by atoms with E-state index >= 15 is 0 Å². The van der Waals surface area contributed by atoms with Gasteiger partial charge in [0, 0.05) is 22.0 Å². The van der Waals surface area contributed by atoms with E-state index in [0.29, 0.717) is 22.0 Å². The third kappa shape index (κ3) is 5.01. The average molecular weight is 434 g/mol. The number of aromatic nitrogens is 2. The minimum atomic E-state index is -0.707. The van der Waals surface area contributed by atoms with Gasteiger partial charge in [0.05, 0.1) is 11.4 Å². The topological polar surface area (TPSA) is 158 Å². The zero-order chi connectivity index (χ0) is 22.5. The van der Waals surface area contributed by atoms with E-state index in [-0.39, 0.29) is 22.9 Å². The highest BCUT2D eigenvalue weighted by molar-refractivity contribution is 6.66. The average Bonchev–Trinajstić information content (AvgIpc) is 2.75. The van der Waals surface area contributed by atoms with Gasteiger partial charge in [-0.15, -0.1) is 0 Å². The fourth-order valence-corrected chi connectivity index (χ4v) is 2.72. The van der Waals surface area contributed by atoms with Crippen LogP contribution in [-0.4, -0.2) is 27.3 Å². The van der Waals surface area contributed by atoms with Gasteiger partial charge in [0.15, 0.2) is 0 Å². The number of aromatic amines is 1. The molecule has 2 aromatic carbocycles. The zero-order valence-corrected chi connectivity index (χ0v) is 17.0. The summed E-state index contributed by atoms with van der Waals surface area (Å²) in [6.07, 6.45) is 0. The molecule has 9 nitrogen and oxygen atoms in total. The number of benzene rings is 2. The maximum absolute atomic E-state index is 12.4. The van der Waals surface area contributed by atoms with Crippen molar-refractivity contribution in [1.29, 1.82) is 16.1 Å². The van der Waals surface area contributed by atoms with E-state index in [2.05, 4.69) is 20.6 Å². The van der Waals surface area contributed by atoms with Gasteiger partial charge in [0.1, 0.15) is 17.3 Å². The number of nitrogens with zero attached hydrogens (tertiary/aromatic N) is 2. The Kier molecular flexibility index (Phi) is 6.23. The van der Waals surface area contributed by atoms with Gasteiger partial charge >= 0.3 is 0 Å². The molecule has 3 rings (SSSR count). The lowest BCUT2D eigenvalue weighted by Crippen LogP contribution is -2.27. The molecule has 5 N–H and O–H groups in total. The molecular formula is C21H16ClN7O2. The van der Waals surface area contributed by atoms with Crippen LogP contribution in [0, 0.1) is 22.1 Å². The van der Waals surface area contributed by atoms with Gasteiger partial charge in [-0.05, 0) is 43.3 Å². The number of anilines is 3. The molecule has 3 aromatic rings. The summed E-state index contributed by atoms with van der Waals surface area (Å²) in [4.78, 5) is 31.2. The molecule has 31 heavy (non-hydrogen) atoms. The number of carbonyl (C=O) groups is 1. The first kappa shape index (κ1) is 21.4. The summed E-state index contributed by atoms with van der Waals surface area (Å²) in [7, 11) is 0. The molecule has 0 fully saturated rings. The molecule has 0 atom stereocenters. The van der Waals surface area contributed by atoms with Crippen LogP contribution in [0.3, 0.4) is 0 Å². The molecule has 0 aliphatic heterocycles. The molecule has 10 heteroatoms. The van der Waals surface area contributed by atoms with E-state index in [1.54, 1.807) is 48.5 Å². The quantitative estimate of drug-likeness (QED) is 0.374. The zero-order valence-electron chi connectivity index (χ0n) is 16.2. The standard InChI is InChI=1S/C21H16ClN7O2/c1-11(24)17(25)20(31)26-14-6-2-12(3-7-14)18-16(10-23)19(30)29-21(28-18)27-15-8-4-13(22)5-9-15/h2-9,24-25H,1H3,(H,26,31)(H2,27,28,29,30). The summed E-state index contributed by atoms with van der Waals surface area (Å²) in [6, 6.07) is 14.9. The molecule has 0 aliphatic carbocycles. The lowest BCUT2D eigenvalue weighted by Gasteiger charge is -2.10. The number of nitrogens with one attached hydrogen (secondary N) is 5. The number of halogens is 1. The van der Waals surface area contributed by atoms with Gasteiger partial charge in [-0.3, -0.25) is 20.0 Å². The van der Waals surface area contributed by atoms with E-state index in [4.69, 9.17) is 22.4 Å². The van der Waals surface area contributed by atoms with Crippen LogP contribution in [0.15, 0.2) is 53.3 Å². The summed E-state index contributed by atoms with van der Waals surface area (Å²) in [5, 5.41) is 30.3. The molecular weight excluding hydrogens is 418 g/mol. The fraction of sp³-hybridized carbons (Fsp3) is 0.0476. The van der Waals surface area contributed by atoms with Crippen LogP contribution in [0.25, 0.3) is 11.3 Å². The molecule has 1 heterocycles. The Balaban J connectivity index is 1.91. The molecule has 0 spiro atoms. The largest absolute Gasteiger partial charge is 0.326 e. The Bertz CT molecular complexity index is 1270. The molecule has 0 saturated heterocycles. The molecule has 0 bridgehead atoms. The summed E-state index contributed by atoms with van der Waals surface area (Å²) in [5.41, 5.74) is 0.344. The molecule has 154 valence electrons. The van der Waals surface area contributed by atoms with E-state index < -0.39 is 17.2 Å². The van der Waals surface area contributed by atoms with Crippen molar-refractivity contribution in [2.45, 2.75) is 6.92 Å². The lowest BCUT2D eigenvalue weighted by atomic mass is 10.1. The van der Waals surface area contributed by atoms with Crippen LogP contribution >= 0.6 is 11.6 Å². The number of hydrogen-bond acceptors (Lipinski definition) is 7. The summed E-state index contributed by atoms with van der Waals surface area (Å²) >= 11 is 5.88. The Morgan fingerprint density at radius 2 is 1.71 bits per heavy atom. The second-order valence-corrected chi connectivity index (χ2v) is 6.85. The van der Waals surface area contributed by atoms with Gasteiger partial charge in [-0.25, -0.2) is 4.98 Å². The lowest BCUT2D eigenvalue weighted by molar-refractivity contribution is -0.110. The van der Waals surface area contributed by atoms with Crippen molar-refractivity contribution in [3.8, 4) is 17.3 Å². The van der Waals surface area contributed by atoms with Crippen LogP contribution in [0.5, 0.6) is 0 Å². The highest BCUT2D eigenvalue weighted by atomic mass is 35.5. The molecule has 0 unspecified atom stereocenters. The van der Waals surface area contributed by atoms with Gasteiger partial charge in [-0.1, -0.05) is 23.7 Å². The molecule has 0 aliphatic rings. The van der Waals surface area contributed by atoms with Crippen LogP contribution in [0.2, 0.25) is 5.02 Å². The molecule has 1 aromatic heterocycles.